The van der Waals surface area contributed by atoms with Gasteiger partial charge in [0.15, 0.2) is 5.13 Å². The van der Waals surface area contributed by atoms with Crippen LogP contribution in [0.25, 0.3) is 11.3 Å². The fourth-order valence-corrected chi connectivity index (χ4v) is 3.02. The van der Waals surface area contributed by atoms with E-state index in [0.717, 1.165) is 27.6 Å². The van der Waals surface area contributed by atoms with Crippen molar-refractivity contribution in [3.63, 3.8) is 0 Å². The summed E-state index contributed by atoms with van der Waals surface area (Å²) in [6.45, 7) is 4.12. The van der Waals surface area contributed by atoms with E-state index in [1.807, 2.05) is 11.4 Å². The third-order valence-electron chi connectivity index (χ3n) is 3.50. The Hall–Kier alpha value is -2.73. The van der Waals surface area contributed by atoms with E-state index in [-0.39, 0.29) is 5.69 Å². The quantitative estimate of drug-likeness (QED) is 0.536. The Morgan fingerprint density at radius 3 is 2.52 bits per heavy atom. The molecule has 0 aliphatic carbocycles. The Kier molecular flexibility index (Phi) is 4.08. The molecule has 3 aromatic rings. The second-order valence-electron chi connectivity index (χ2n) is 5.29. The second-order valence-corrected chi connectivity index (χ2v) is 6.14. The molecule has 6 heteroatoms. The van der Waals surface area contributed by atoms with Gasteiger partial charge in [-0.15, -0.1) is 11.3 Å². The standard InChI is InChI=1S/C17H15N3O2S/c1-11-3-8-15(12(2)9-11)18-17-19-16(10-23-17)13-4-6-14(7-5-13)20(21)22/h3-10H,1-2H3,(H,18,19). The summed E-state index contributed by atoms with van der Waals surface area (Å²) in [4.78, 5) is 14.8. The number of nitrogens with zero attached hydrogens (tertiary/aromatic N) is 2. The number of thiazole rings is 1. The summed E-state index contributed by atoms with van der Waals surface area (Å²) >= 11 is 1.51. The molecule has 0 saturated heterocycles. The zero-order chi connectivity index (χ0) is 16.4. The molecule has 0 saturated carbocycles. The Bertz CT molecular complexity index is 857. The number of hydrogen-bond acceptors (Lipinski definition) is 5. The van der Waals surface area contributed by atoms with Crippen LogP contribution >= 0.6 is 11.3 Å². The van der Waals surface area contributed by atoms with Crippen LogP contribution in [0.3, 0.4) is 0 Å². The van der Waals surface area contributed by atoms with Gasteiger partial charge in [-0.3, -0.25) is 10.1 Å². The van der Waals surface area contributed by atoms with Crippen molar-refractivity contribution in [2.75, 3.05) is 5.32 Å². The fraction of sp³-hybridized carbons (Fsp3) is 0.118. The molecular weight excluding hydrogens is 310 g/mol. The largest absolute Gasteiger partial charge is 0.331 e. The first-order valence-corrected chi connectivity index (χ1v) is 7.95. The Labute approximate surface area is 137 Å². The number of nitrogens with one attached hydrogen (secondary N) is 1. The third-order valence-corrected chi connectivity index (χ3v) is 4.26. The van der Waals surface area contributed by atoms with E-state index in [1.165, 1.54) is 29.0 Å². The summed E-state index contributed by atoms with van der Waals surface area (Å²) in [7, 11) is 0. The van der Waals surface area contributed by atoms with Crippen LogP contribution in [0.4, 0.5) is 16.5 Å². The highest BCUT2D eigenvalue weighted by atomic mass is 32.1. The van der Waals surface area contributed by atoms with Crippen molar-refractivity contribution in [1.82, 2.24) is 4.98 Å². The monoisotopic (exact) mass is 325 g/mol. The van der Waals surface area contributed by atoms with Crippen LogP contribution in [-0.2, 0) is 0 Å². The lowest BCUT2D eigenvalue weighted by molar-refractivity contribution is -0.384. The molecule has 0 atom stereocenters. The summed E-state index contributed by atoms with van der Waals surface area (Å²) in [5.41, 5.74) is 5.16. The van der Waals surface area contributed by atoms with E-state index in [4.69, 9.17) is 0 Å². The number of nitro benzene ring substituents is 1. The SMILES string of the molecule is Cc1ccc(Nc2nc(-c3ccc([N+](=O)[O-])cc3)cs2)c(C)c1. The number of non-ortho nitro benzene ring substituents is 1. The highest BCUT2D eigenvalue weighted by Gasteiger charge is 2.09. The van der Waals surface area contributed by atoms with Crippen molar-refractivity contribution in [2.45, 2.75) is 13.8 Å². The number of hydrogen-bond donors (Lipinski definition) is 1. The first-order valence-electron chi connectivity index (χ1n) is 7.07. The zero-order valence-corrected chi connectivity index (χ0v) is 13.6. The molecule has 1 N–H and O–H groups in total. The van der Waals surface area contributed by atoms with Crippen LogP contribution in [0.1, 0.15) is 11.1 Å². The average Bonchev–Trinajstić information content (AvgIpc) is 2.99. The molecule has 0 aliphatic heterocycles. The van der Waals surface area contributed by atoms with Gasteiger partial charge in [0.2, 0.25) is 0 Å². The maximum Gasteiger partial charge on any atom is 0.269 e. The molecule has 23 heavy (non-hydrogen) atoms. The van der Waals surface area contributed by atoms with Crippen LogP contribution in [0, 0.1) is 24.0 Å². The van der Waals surface area contributed by atoms with Gasteiger partial charge < -0.3 is 5.32 Å². The third kappa shape index (κ3) is 3.37. The number of aryl methyl sites for hydroxylation is 2. The highest BCUT2D eigenvalue weighted by Crippen LogP contribution is 2.29. The van der Waals surface area contributed by atoms with Crippen LogP contribution in [0.15, 0.2) is 47.8 Å². The van der Waals surface area contributed by atoms with Crippen molar-refractivity contribution < 1.29 is 4.92 Å². The molecule has 1 aromatic heterocycles. The van der Waals surface area contributed by atoms with Crippen molar-refractivity contribution in [3.8, 4) is 11.3 Å². The van der Waals surface area contributed by atoms with Gasteiger partial charge in [0, 0.05) is 28.8 Å². The minimum absolute atomic E-state index is 0.0811. The maximum atomic E-state index is 10.7. The number of rotatable bonds is 4. The number of anilines is 2. The van der Waals surface area contributed by atoms with Crippen LogP contribution in [0.2, 0.25) is 0 Å². The van der Waals surface area contributed by atoms with Gasteiger partial charge >= 0.3 is 0 Å². The van der Waals surface area contributed by atoms with Gasteiger partial charge in [0.25, 0.3) is 5.69 Å². The lowest BCUT2D eigenvalue weighted by atomic mass is 10.1. The molecule has 0 spiro atoms. The lowest BCUT2D eigenvalue weighted by Gasteiger charge is -2.07. The van der Waals surface area contributed by atoms with Gasteiger partial charge in [0.1, 0.15) is 0 Å². The van der Waals surface area contributed by atoms with Crippen molar-refractivity contribution >= 4 is 27.8 Å². The number of aromatic nitrogens is 1. The minimum atomic E-state index is -0.405. The van der Waals surface area contributed by atoms with Crippen LogP contribution in [0.5, 0.6) is 0 Å². The molecule has 0 fully saturated rings. The molecule has 5 nitrogen and oxygen atoms in total. The van der Waals surface area contributed by atoms with E-state index in [0.29, 0.717) is 0 Å². The van der Waals surface area contributed by atoms with Crippen molar-refractivity contribution in [3.05, 3.63) is 69.1 Å². The molecular formula is C17H15N3O2S. The molecule has 3 rings (SSSR count). The van der Waals surface area contributed by atoms with Gasteiger partial charge in [-0.2, -0.15) is 0 Å². The van der Waals surface area contributed by atoms with Crippen molar-refractivity contribution in [2.24, 2.45) is 0 Å². The average molecular weight is 325 g/mol. The molecule has 0 amide bonds. The number of nitro groups is 1. The first-order chi connectivity index (χ1) is 11.0. The number of benzene rings is 2. The lowest BCUT2D eigenvalue weighted by Crippen LogP contribution is -1.93. The van der Waals surface area contributed by atoms with E-state index >= 15 is 0 Å². The van der Waals surface area contributed by atoms with Crippen molar-refractivity contribution in [1.29, 1.82) is 0 Å². The summed E-state index contributed by atoms with van der Waals surface area (Å²) in [6.07, 6.45) is 0. The zero-order valence-electron chi connectivity index (χ0n) is 12.7. The predicted octanol–water partition coefficient (Wildman–Crippen LogP) is 5.08. The minimum Gasteiger partial charge on any atom is -0.331 e. The molecule has 1 heterocycles. The summed E-state index contributed by atoms with van der Waals surface area (Å²) in [5.74, 6) is 0. The summed E-state index contributed by atoms with van der Waals surface area (Å²) in [6, 6.07) is 12.6. The fourth-order valence-electron chi connectivity index (χ4n) is 2.29. The normalized spacial score (nSPS) is 10.5. The second kappa shape index (κ2) is 6.18. The highest BCUT2D eigenvalue weighted by molar-refractivity contribution is 7.14. The first kappa shape index (κ1) is 15.2. The molecule has 0 bridgehead atoms. The molecule has 116 valence electrons. The topological polar surface area (TPSA) is 68.1 Å². The smallest absolute Gasteiger partial charge is 0.269 e. The molecule has 0 radical (unpaired) electrons. The van der Waals surface area contributed by atoms with E-state index in [2.05, 4.69) is 36.3 Å². The van der Waals surface area contributed by atoms with E-state index in [9.17, 15) is 10.1 Å². The van der Waals surface area contributed by atoms with Crippen LogP contribution in [-0.4, -0.2) is 9.91 Å². The summed E-state index contributed by atoms with van der Waals surface area (Å²) in [5, 5.41) is 16.7. The maximum absolute atomic E-state index is 10.7. The molecule has 0 unspecified atom stereocenters. The predicted molar refractivity (Wildman–Crippen MR) is 93.4 cm³/mol. The van der Waals surface area contributed by atoms with Gasteiger partial charge in [-0.25, -0.2) is 4.98 Å². The van der Waals surface area contributed by atoms with Crippen LogP contribution < -0.4 is 5.32 Å². The Morgan fingerprint density at radius 1 is 1.13 bits per heavy atom. The van der Waals surface area contributed by atoms with E-state index < -0.39 is 4.92 Å². The summed E-state index contributed by atoms with van der Waals surface area (Å²) < 4.78 is 0. The molecule has 0 aliphatic rings. The van der Waals surface area contributed by atoms with Gasteiger partial charge in [-0.05, 0) is 37.6 Å². The Balaban J connectivity index is 1.81. The van der Waals surface area contributed by atoms with Gasteiger partial charge in [0.05, 0.1) is 10.6 Å². The Morgan fingerprint density at radius 2 is 1.87 bits per heavy atom. The van der Waals surface area contributed by atoms with E-state index in [1.54, 1.807) is 12.1 Å². The molecule has 2 aromatic carbocycles. The van der Waals surface area contributed by atoms with Gasteiger partial charge in [-0.1, -0.05) is 17.7 Å².